The SMILES string of the molecule is [Lu+3].c1ccc(P([N-]C23CC4CC(CC(C4)C2)C3)c2ccccc2)cc1.c1ccc(P([N-]C23CC4CC(CC(C4)C2)C3)c2ccccc2)cc1.c1ccc(P([N-]C23CC4CC(CC(C4)C2)C3)c2ccccc2)cc1. The van der Waals surface area contributed by atoms with Crippen LogP contribution in [0.1, 0.15) is 116 Å². The molecule has 18 rings (SSSR count). The Balaban J connectivity index is 0.000000111. The van der Waals surface area contributed by atoms with Crippen LogP contribution in [0.25, 0.3) is 15.3 Å². The standard InChI is InChI=1S/3C22H25NP.Lu/c3*1-3-7-20(8-4-1)24(21-9-5-2-6-10-21)23-22-14-17-11-18(15-22)13-19(12-17)16-22;/h3*1-10,17-19H,11-16H2;/q3*-1;+3. The molecule has 3 nitrogen and oxygen atoms in total. The predicted octanol–water partition coefficient (Wildman–Crippen LogP) is 16.1. The molecule has 6 aromatic carbocycles. The Hall–Kier alpha value is -2.28. The maximum Gasteiger partial charge on any atom is 3.00 e. The first-order valence-electron chi connectivity index (χ1n) is 28.3. The molecule has 0 amide bonds. The molecule has 0 atom stereocenters. The van der Waals surface area contributed by atoms with E-state index in [1.165, 1.54) is 147 Å². The Bertz CT molecular complexity index is 2170. The van der Waals surface area contributed by atoms with Gasteiger partial charge in [0.15, 0.2) is 0 Å². The predicted molar refractivity (Wildman–Crippen MR) is 310 cm³/mol. The van der Waals surface area contributed by atoms with Gasteiger partial charge in [0.1, 0.15) is 0 Å². The van der Waals surface area contributed by atoms with Crippen LogP contribution in [0.2, 0.25) is 0 Å². The summed E-state index contributed by atoms with van der Waals surface area (Å²) in [5, 5.41) is 25.5. The van der Waals surface area contributed by atoms with Crippen molar-refractivity contribution in [2.45, 2.75) is 132 Å². The Morgan fingerprint density at radius 3 is 0.507 bits per heavy atom. The molecule has 0 aliphatic heterocycles. The van der Waals surface area contributed by atoms with E-state index in [9.17, 15) is 0 Å². The van der Waals surface area contributed by atoms with E-state index < -0.39 is 24.2 Å². The van der Waals surface area contributed by atoms with Crippen LogP contribution in [-0.2, 0) is 0 Å². The van der Waals surface area contributed by atoms with Gasteiger partial charge in [-0.3, -0.25) is 0 Å². The fourth-order valence-electron chi connectivity index (χ4n) is 17.4. The molecule has 0 unspecified atom stereocenters. The zero-order valence-electron chi connectivity index (χ0n) is 42.7. The van der Waals surface area contributed by atoms with E-state index in [1.807, 2.05) is 0 Å². The van der Waals surface area contributed by atoms with Gasteiger partial charge in [0.2, 0.25) is 0 Å². The number of nitrogens with zero attached hydrogens (tertiary/aromatic N) is 3. The molecule has 0 saturated heterocycles. The van der Waals surface area contributed by atoms with E-state index in [1.54, 1.807) is 0 Å². The zero-order chi connectivity index (χ0) is 48.0. The van der Waals surface area contributed by atoms with E-state index in [-0.39, 0.29) is 53.5 Å². The fourth-order valence-corrected chi connectivity index (χ4v) is 23.7. The molecule has 0 heterocycles. The quantitative estimate of drug-likeness (QED) is 0.110. The van der Waals surface area contributed by atoms with Crippen LogP contribution in [0.4, 0.5) is 0 Å². The molecule has 0 radical (unpaired) electrons. The molecule has 12 saturated carbocycles. The Morgan fingerprint density at radius 1 is 0.233 bits per heavy atom. The summed E-state index contributed by atoms with van der Waals surface area (Å²) in [6.07, 6.45) is 25.6. The van der Waals surface area contributed by atoms with Gasteiger partial charge in [-0.2, -0.15) is 24.2 Å². The average Bonchev–Trinajstić information content (AvgIpc) is 3.40. The van der Waals surface area contributed by atoms with Crippen LogP contribution >= 0.6 is 24.2 Å². The van der Waals surface area contributed by atoms with Crippen molar-refractivity contribution in [3.63, 3.8) is 0 Å². The van der Waals surface area contributed by atoms with Crippen LogP contribution in [0.15, 0.2) is 182 Å². The van der Waals surface area contributed by atoms with Crippen LogP contribution < -0.4 is 31.8 Å². The normalized spacial score (nSPS) is 33.5. The third-order valence-corrected chi connectivity index (χ3v) is 25.6. The van der Waals surface area contributed by atoms with Gasteiger partial charge >= 0.3 is 36.9 Å². The van der Waals surface area contributed by atoms with Gasteiger partial charge < -0.3 is 15.3 Å². The maximum absolute atomic E-state index is 5.67. The van der Waals surface area contributed by atoms with Gasteiger partial charge in [0.25, 0.3) is 0 Å². The van der Waals surface area contributed by atoms with Gasteiger partial charge in [0.05, 0.1) is 0 Å². The molecular weight excluding hydrogens is 1100 g/mol. The smallest absolute Gasteiger partial charge is 0.623 e. The Kier molecular flexibility index (Phi) is 15.9. The van der Waals surface area contributed by atoms with Crippen molar-refractivity contribution < 1.29 is 36.9 Å². The summed E-state index contributed by atoms with van der Waals surface area (Å²) in [4.78, 5) is 0. The van der Waals surface area contributed by atoms with Crippen molar-refractivity contribution >= 4 is 56.0 Å². The van der Waals surface area contributed by atoms with Gasteiger partial charge in [-0.05, 0) is 143 Å². The van der Waals surface area contributed by atoms with Crippen molar-refractivity contribution in [3.05, 3.63) is 197 Å². The second kappa shape index (κ2) is 22.6. The molecule has 0 spiro atoms. The van der Waals surface area contributed by atoms with Gasteiger partial charge in [-0.1, -0.05) is 240 Å². The molecule has 0 N–H and O–H groups in total. The van der Waals surface area contributed by atoms with Crippen molar-refractivity contribution in [3.8, 4) is 0 Å². The average molecular weight is 1180 g/mol. The largest absolute Gasteiger partial charge is 3.00 e. The van der Waals surface area contributed by atoms with E-state index in [0.29, 0.717) is 0 Å². The molecule has 12 fully saturated rings. The minimum Gasteiger partial charge on any atom is -0.623 e. The third kappa shape index (κ3) is 11.6. The van der Waals surface area contributed by atoms with E-state index in [4.69, 9.17) is 15.3 Å². The van der Waals surface area contributed by atoms with Gasteiger partial charge in [-0.15, -0.1) is 16.6 Å². The summed E-state index contributed by atoms with van der Waals surface area (Å²) in [5.74, 6) is 8.65. The molecule has 7 heteroatoms. The fraction of sp³-hybridized carbons (Fsp3) is 0.455. The van der Waals surface area contributed by atoms with E-state index in [0.717, 1.165) is 53.3 Å². The summed E-state index contributed by atoms with van der Waals surface area (Å²) >= 11 is 0. The summed E-state index contributed by atoms with van der Waals surface area (Å²) in [6.45, 7) is 0. The van der Waals surface area contributed by atoms with Gasteiger partial charge in [-0.25, -0.2) is 0 Å². The topological polar surface area (TPSA) is 42.3 Å². The second-order valence-corrected chi connectivity index (χ2v) is 30.2. The number of hydrogen-bond donors (Lipinski definition) is 0. The molecule has 12 aliphatic rings. The van der Waals surface area contributed by atoms with Crippen molar-refractivity contribution in [2.24, 2.45) is 53.3 Å². The van der Waals surface area contributed by atoms with Crippen molar-refractivity contribution in [1.29, 1.82) is 0 Å². The number of rotatable bonds is 12. The summed E-state index contributed by atoms with van der Waals surface area (Å²) in [5.41, 5.74) is 0.852. The Morgan fingerprint density at radius 2 is 0.370 bits per heavy atom. The molecule has 0 aromatic heterocycles. The van der Waals surface area contributed by atoms with Crippen LogP contribution in [0.3, 0.4) is 0 Å². The minimum absolute atomic E-state index is 0. The molecule has 384 valence electrons. The third-order valence-electron chi connectivity index (χ3n) is 19.0. The van der Waals surface area contributed by atoms with Crippen LogP contribution in [0.5, 0.6) is 0 Å². The summed E-state index contributed by atoms with van der Waals surface area (Å²) < 4.78 is 0. The molecule has 6 aromatic rings. The molecule has 12 aliphatic carbocycles. The minimum atomic E-state index is -0.587. The first-order valence-corrected chi connectivity index (χ1v) is 32.2. The van der Waals surface area contributed by atoms with Crippen LogP contribution in [0, 0.1) is 90.1 Å². The monoisotopic (exact) mass is 1180 g/mol. The van der Waals surface area contributed by atoms with Gasteiger partial charge in [0, 0.05) is 0 Å². The zero-order valence-corrected chi connectivity index (χ0v) is 47.0. The molecule has 12 bridgehead atoms. The second-order valence-electron chi connectivity index (χ2n) is 24.7. The number of hydrogen-bond acceptors (Lipinski definition) is 0. The van der Waals surface area contributed by atoms with Crippen molar-refractivity contribution in [2.75, 3.05) is 0 Å². The van der Waals surface area contributed by atoms with E-state index in [2.05, 4.69) is 182 Å². The first kappa shape index (κ1) is 51.5. The summed E-state index contributed by atoms with van der Waals surface area (Å²) in [7, 11) is -1.76. The number of benzene rings is 6. The summed E-state index contributed by atoms with van der Waals surface area (Å²) in [6, 6.07) is 66.1. The first-order chi connectivity index (χ1) is 35.4. The maximum atomic E-state index is 5.67. The van der Waals surface area contributed by atoms with Crippen LogP contribution in [-0.4, -0.2) is 16.6 Å². The van der Waals surface area contributed by atoms with E-state index >= 15 is 0 Å². The van der Waals surface area contributed by atoms with Crippen molar-refractivity contribution in [1.82, 2.24) is 0 Å². The Labute approximate surface area is 471 Å². The molecular formula is C66H75LuN3P3. The molecule has 73 heavy (non-hydrogen) atoms.